The van der Waals surface area contributed by atoms with Crippen molar-refractivity contribution in [2.45, 2.75) is 46.0 Å². The first-order valence-electron chi connectivity index (χ1n) is 4.37. The highest BCUT2D eigenvalue weighted by Crippen LogP contribution is 2.13. The second kappa shape index (κ2) is 7.04. The van der Waals surface area contributed by atoms with Gasteiger partial charge in [-0.25, -0.2) is 0 Å². The van der Waals surface area contributed by atoms with Crippen LogP contribution in [0.4, 0.5) is 4.39 Å². The average molecular weight is 146 g/mol. The maximum absolute atomic E-state index is 11.6. The number of hydrogen-bond acceptors (Lipinski definition) is 0. The van der Waals surface area contributed by atoms with E-state index in [1.807, 2.05) is 0 Å². The van der Waals surface area contributed by atoms with Gasteiger partial charge >= 0.3 is 0 Å². The van der Waals surface area contributed by atoms with E-state index < -0.39 is 0 Å². The van der Waals surface area contributed by atoms with Gasteiger partial charge in [-0.3, -0.25) is 4.39 Å². The van der Waals surface area contributed by atoms with Crippen LogP contribution in [0.2, 0.25) is 0 Å². The van der Waals surface area contributed by atoms with Gasteiger partial charge in [0.2, 0.25) is 0 Å². The van der Waals surface area contributed by atoms with Crippen molar-refractivity contribution in [3.63, 3.8) is 0 Å². The molecule has 0 N–H and O–H groups in total. The number of rotatable bonds is 6. The highest BCUT2D eigenvalue weighted by Gasteiger charge is 1.98. The molecule has 1 unspecified atom stereocenters. The number of unbranched alkanes of at least 4 members (excludes halogenated alkanes) is 1. The third kappa shape index (κ3) is 6.06. The van der Waals surface area contributed by atoms with Crippen LogP contribution in [0.1, 0.15) is 46.0 Å². The molecule has 1 heteroatoms. The first-order chi connectivity index (χ1) is 4.81. The maximum atomic E-state index is 11.6. The summed E-state index contributed by atoms with van der Waals surface area (Å²) in [5.41, 5.74) is 0. The standard InChI is InChI=1S/C9H19F/c1-3-6-9(2)7-4-5-8-10/h9H,3-8H2,1-2H3. The predicted molar refractivity (Wildman–Crippen MR) is 43.9 cm³/mol. The smallest absolute Gasteiger partial charge is 0.0894 e. The fraction of sp³-hybridized carbons (Fsp3) is 1.00. The Labute approximate surface area is 63.8 Å². The minimum atomic E-state index is -0.140. The van der Waals surface area contributed by atoms with Crippen molar-refractivity contribution < 1.29 is 4.39 Å². The lowest BCUT2D eigenvalue weighted by molar-refractivity contribution is 0.413. The highest BCUT2D eigenvalue weighted by atomic mass is 19.1. The summed E-state index contributed by atoms with van der Waals surface area (Å²) in [4.78, 5) is 0. The third-order valence-electron chi connectivity index (χ3n) is 1.86. The molecule has 0 aromatic carbocycles. The molecule has 0 saturated carbocycles. The Morgan fingerprint density at radius 3 is 2.40 bits per heavy atom. The highest BCUT2D eigenvalue weighted by molar-refractivity contribution is 4.51. The molecule has 0 fully saturated rings. The lowest BCUT2D eigenvalue weighted by atomic mass is 10.00. The predicted octanol–water partition coefficient (Wildman–Crippen LogP) is 3.56. The van der Waals surface area contributed by atoms with Gasteiger partial charge < -0.3 is 0 Å². The normalized spacial score (nSPS) is 13.5. The lowest BCUT2D eigenvalue weighted by Crippen LogP contribution is -1.93. The summed E-state index contributed by atoms with van der Waals surface area (Å²) >= 11 is 0. The zero-order chi connectivity index (χ0) is 7.82. The van der Waals surface area contributed by atoms with E-state index in [4.69, 9.17) is 0 Å². The second-order valence-corrected chi connectivity index (χ2v) is 3.08. The van der Waals surface area contributed by atoms with Gasteiger partial charge in [0, 0.05) is 0 Å². The summed E-state index contributed by atoms with van der Waals surface area (Å²) < 4.78 is 11.6. The monoisotopic (exact) mass is 146 g/mol. The van der Waals surface area contributed by atoms with E-state index in [2.05, 4.69) is 13.8 Å². The Morgan fingerprint density at radius 1 is 1.20 bits per heavy atom. The van der Waals surface area contributed by atoms with Crippen LogP contribution in [0.15, 0.2) is 0 Å². The summed E-state index contributed by atoms with van der Waals surface area (Å²) in [5.74, 6) is 0.802. The molecule has 0 radical (unpaired) electrons. The zero-order valence-corrected chi connectivity index (χ0v) is 7.20. The maximum Gasteiger partial charge on any atom is 0.0894 e. The summed E-state index contributed by atoms with van der Waals surface area (Å²) in [6.07, 6.45) is 5.59. The van der Waals surface area contributed by atoms with Gasteiger partial charge in [0.25, 0.3) is 0 Å². The van der Waals surface area contributed by atoms with E-state index in [0.29, 0.717) is 0 Å². The number of halogens is 1. The Hall–Kier alpha value is -0.0700. The molecule has 0 nitrogen and oxygen atoms in total. The van der Waals surface area contributed by atoms with Crippen LogP contribution in [-0.4, -0.2) is 6.67 Å². The first kappa shape index (κ1) is 9.93. The Kier molecular flexibility index (Phi) is 6.99. The van der Waals surface area contributed by atoms with Crippen molar-refractivity contribution in [1.29, 1.82) is 0 Å². The molecule has 0 heterocycles. The van der Waals surface area contributed by atoms with E-state index in [9.17, 15) is 4.39 Å². The van der Waals surface area contributed by atoms with Crippen molar-refractivity contribution in [2.24, 2.45) is 5.92 Å². The molecule has 0 amide bonds. The Bertz CT molecular complexity index is 61.7. The lowest BCUT2D eigenvalue weighted by Gasteiger charge is -2.07. The molecule has 0 aliphatic rings. The fourth-order valence-corrected chi connectivity index (χ4v) is 1.22. The fourth-order valence-electron chi connectivity index (χ4n) is 1.22. The van der Waals surface area contributed by atoms with Gasteiger partial charge in [0.1, 0.15) is 0 Å². The summed E-state index contributed by atoms with van der Waals surface area (Å²) in [7, 11) is 0. The molecule has 0 rings (SSSR count). The molecule has 0 saturated heterocycles. The molecule has 1 atom stereocenters. The summed E-state index contributed by atoms with van der Waals surface area (Å²) in [5, 5.41) is 0. The van der Waals surface area contributed by atoms with E-state index in [-0.39, 0.29) is 6.67 Å². The molecule has 0 aliphatic carbocycles. The van der Waals surface area contributed by atoms with Crippen LogP contribution in [0.25, 0.3) is 0 Å². The molecule has 0 bridgehead atoms. The minimum Gasteiger partial charge on any atom is -0.251 e. The quantitative estimate of drug-likeness (QED) is 0.502. The van der Waals surface area contributed by atoms with Crippen molar-refractivity contribution in [2.75, 3.05) is 6.67 Å². The molecular formula is C9H19F. The molecule has 0 aromatic heterocycles. The topological polar surface area (TPSA) is 0 Å². The van der Waals surface area contributed by atoms with Crippen LogP contribution in [0.5, 0.6) is 0 Å². The van der Waals surface area contributed by atoms with Crippen LogP contribution in [-0.2, 0) is 0 Å². The first-order valence-corrected chi connectivity index (χ1v) is 4.37. The van der Waals surface area contributed by atoms with Crippen molar-refractivity contribution in [3.8, 4) is 0 Å². The zero-order valence-electron chi connectivity index (χ0n) is 7.20. The van der Waals surface area contributed by atoms with Gasteiger partial charge in [-0.1, -0.05) is 39.5 Å². The molecule has 0 aliphatic heterocycles. The van der Waals surface area contributed by atoms with Crippen molar-refractivity contribution in [1.82, 2.24) is 0 Å². The SMILES string of the molecule is CCCC(C)CCCCF. The molecule has 0 aromatic rings. The van der Waals surface area contributed by atoms with Crippen molar-refractivity contribution >= 4 is 0 Å². The average Bonchev–Trinajstić information content (AvgIpc) is 1.89. The molecule has 10 heavy (non-hydrogen) atoms. The molecular weight excluding hydrogens is 127 g/mol. The minimum absolute atomic E-state index is 0.140. The Balaban J connectivity index is 2.97. The van der Waals surface area contributed by atoms with Crippen LogP contribution in [0.3, 0.4) is 0 Å². The second-order valence-electron chi connectivity index (χ2n) is 3.08. The van der Waals surface area contributed by atoms with Crippen molar-refractivity contribution in [3.05, 3.63) is 0 Å². The van der Waals surface area contributed by atoms with Gasteiger partial charge in [-0.15, -0.1) is 0 Å². The third-order valence-corrected chi connectivity index (χ3v) is 1.86. The van der Waals surface area contributed by atoms with Gasteiger partial charge in [-0.05, 0) is 12.3 Å². The van der Waals surface area contributed by atoms with E-state index in [1.165, 1.54) is 19.3 Å². The van der Waals surface area contributed by atoms with Gasteiger partial charge in [0.15, 0.2) is 0 Å². The number of alkyl halides is 1. The molecule has 0 spiro atoms. The van der Waals surface area contributed by atoms with Crippen LogP contribution in [0, 0.1) is 5.92 Å². The summed E-state index contributed by atoms with van der Waals surface area (Å²) in [6.45, 7) is 4.31. The number of hydrogen-bond donors (Lipinski definition) is 0. The van der Waals surface area contributed by atoms with E-state index in [0.717, 1.165) is 18.8 Å². The van der Waals surface area contributed by atoms with E-state index >= 15 is 0 Å². The van der Waals surface area contributed by atoms with Crippen LogP contribution >= 0.6 is 0 Å². The Morgan fingerprint density at radius 2 is 1.90 bits per heavy atom. The summed E-state index contributed by atoms with van der Waals surface area (Å²) in [6, 6.07) is 0. The van der Waals surface area contributed by atoms with Gasteiger partial charge in [0.05, 0.1) is 6.67 Å². The van der Waals surface area contributed by atoms with Gasteiger partial charge in [-0.2, -0.15) is 0 Å². The molecule has 62 valence electrons. The van der Waals surface area contributed by atoms with Crippen LogP contribution < -0.4 is 0 Å². The largest absolute Gasteiger partial charge is 0.251 e. The van der Waals surface area contributed by atoms with E-state index in [1.54, 1.807) is 0 Å².